The Morgan fingerprint density at radius 3 is 2.89 bits per heavy atom. The number of thiophene rings is 1. The molecule has 0 fully saturated rings. The van der Waals surface area contributed by atoms with E-state index in [1.165, 1.54) is 29.7 Å². The molecule has 0 aliphatic carbocycles. The highest BCUT2D eigenvalue weighted by atomic mass is 35.5. The fraction of sp³-hybridized carbons (Fsp3) is 0. The van der Waals surface area contributed by atoms with Gasteiger partial charge >= 0.3 is 0 Å². The molecule has 7 heteroatoms. The van der Waals surface area contributed by atoms with Crippen molar-refractivity contribution in [3.05, 3.63) is 50.1 Å². The summed E-state index contributed by atoms with van der Waals surface area (Å²) in [4.78, 5) is 12.1. The number of phenols is 1. The van der Waals surface area contributed by atoms with Gasteiger partial charge in [-0.2, -0.15) is 5.10 Å². The third-order valence-electron chi connectivity index (χ3n) is 2.17. The molecule has 4 nitrogen and oxygen atoms in total. The molecule has 1 heterocycles. The van der Waals surface area contributed by atoms with Crippen LogP contribution in [0.2, 0.25) is 10.0 Å². The minimum atomic E-state index is -0.320. The van der Waals surface area contributed by atoms with Gasteiger partial charge in [0.2, 0.25) is 0 Å². The van der Waals surface area contributed by atoms with Crippen molar-refractivity contribution in [2.45, 2.75) is 0 Å². The minimum Gasteiger partial charge on any atom is -0.506 e. The lowest BCUT2D eigenvalue weighted by Gasteiger charge is -2.02. The van der Waals surface area contributed by atoms with Crippen molar-refractivity contribution >= 4 is 46.7 Å². The van der Waals surface area contributed by atoms with Crippen molar-refractivity contribution in [2.75, 3.05) is 0 Å². The number of rotatable bonds is 3. The SMILES string of the molecule is O=C(N/N=C/c1cc(Cl)cc(Cl)c1O)c1cccs1. The van der Waals surface area contributed by atoms with Crippen molar-refractivity contribution in [3.63, 3.8) is 0 Å². The van der Waals surface area contributed by atoms with Gasteiger partial charge in [-0.1, -0.05) is 29.3 Å². The summed E-state index contributed by atoms with van der Waals surface area (Å²) in [5.74, 6) is -0.459. The van der Waals surface area contributed by atoms with Gasteiger partial charge in [-0.25, -0.2) is 5.43 Å². The first kappa shape index (κ1) is 13.9. The predicted octanol–water partition coefficient (Wildman–Crippen LogP) is 3.52. The Bertz CT molecular complexity index is 627. The van der Waals surface area contributed by atoms with Crippen LogP contribution in [0.4, 0.5) is 0 Å². The lowest BCUT2D eigenvalue weighted by Crippen LogP contribution is -2.16. The summed E-state index contributed by atoms with van der Waals surface area (Å²) in [5, 5.41) is 15.7. The molecule has 98 valence electrons. The fourth-order valence-electron chi connectivity index (χ4n) is 1.31. The van der Waals surface area contributed by atoms with Crippen LogP contribution in [0, 0.1) is 0 Å². The van der Waals surface area contributed by atoms with E-state index in [1.807, 2.05) is 0 Å². The number of aromatic hydroxyl groups is 1. The van der Waals surface area contributed by atoms with Crippen molar-refractivity contribution in [1.82, 2.24) is 5.43 Å². The van der Waals surface area contributed by atoms with Gasteiger partial charge in [0.15, 0.2) is 0 Å². The number of nitrogens with zero attached hydrogens (tertiary/aromatic N) is 1. The molecule has 1 aromatic carbocycles. The molecule has 1 aromatic heterocycles. The van der Waals surface area contributed by atoms with Crippen molar-refractivity contribution in [3.8, 4) is 5.75 Å². The Labute approximate surface area is 123 Å². The minimum absolute atomic E-state index is 0.124. The first-order chi connectivity index (χ1) is 9.08. The van der Waals surface area contributed by atoms with Gasteiger partial charge in [0, 0.05) is 10.6 Å². The number of phenolic OH excluding ortho intramolecular Hbond substituents is 1. The number of carbonyl (C=O) groups excluding carboxylic acids is 1. The summed E-state index contributed by atoms with van der Waals surface area (Å²) < 4.78 is 0. The van der Waals surface area contributed by atoms with Crippen LogP contribution in [0.1, 0.15) is 15.2 Å². The number of benzene rings is 1. The molecule has 2 N–H and O–H groups in total. The summed E-state index contributed by atoms with van der Waals surface area (Å²) in [7, 11) is 0. The lowest BCUT2D eigenvalue weighted by molar-refractivity contribution is 0.0959. The van der Waals surface area contributed by atoms with Gasteiger partial charge in [-0.15, -0.1) is 11.3 Å². The molecule has 19 heavy (non-hydrogen) atoms. The maximum atomic E-state index is 11.6. The van der Waals surface area contributed by atoms with Crippen LogP contribution in [0.5, 0.6) is 5.75 Å². The quantitative estimate of drug-likeness (QED) is 0.672. The maximum Gasteiger partial charge on any atom is 0.281 e. The van der Waals surface area contributed by atoms with E-state index in [0.717, 1.165) is 0 Å². The molecule has 0 unspecified atom stereocenters. The second kappa shape index (κ2) is 6.06. The highest BCUT2D eigenvalue weighted by Gasteiger charge is 2.07. The van der Waals surface area contributed by atoms with Crippen LogP contribution < -0.4 is 5.43 Å². The van der Waals surface area contributed by atoms with Crippen LogP contribution in [-0.2, 0) is 0 Å². The van der Waals surface area contributed by atoms with E-state index in [-0.39, 0.29) is 16.7 Å². The van der Waals surface area contributed by atoms with Crippen LogP contribution >= 0.6 is 34.5 Å². The zero-order valence-corrected chi connectivity index (χ0v) is 11.8. The van der Waals surface area contributed by atoms with E-state index in [4.69, 9.17) is 23.2 Å². The van der Waals surface area contributed by atoms with Crippen molar-refractivity contribution < 1.29 is 9.90 Å². The number of amides is 1. The normalized spacial score (nSPS) is 10.8. The number of hydrogen-bond acceptors (Lipinski definition) is 4. The summed E-state index contributed by atoms with van der Waals surface area (Å²) in [6, 6.07) is 6.36. The number of hydrogen-bond donors (Lipinski definition) is 2. The second-order valence-electron chi connectivity index (χ2n) is 3.50. The Morgan fingerprint density at radius 2 is 2.21 bits per heavy atom. The maximum absolute atomic E-state index is 11.6. The van der Waals surface area contributed by atoms with Gasteiger partial charge < -0.3 is 5.11 Å². The Morgan fingerprint density at radius 1 is 1.42 bits per heavy atom. The number of hydrazone groups is 1. The smallest absolute Gasteiger partial charge is 0.281 e. The van der Waals surface area contributed by atoms with Gasteiger partial charge in [0.25, 0.3) is 5.91 Å². The van der Waals surface area contributed by atoms with E-state index in [9.17, 15) is 9.90 Å². The van der Waals surface area contributed by atoms with Crippen LogP contribution in [-0.4, -0.2) is 17.2 Å². The van der Waals surface area contributed by atoms with E-state index in [1.54, 1.807) is 17.5 Å². The average Bonchev–Trinajstić information content (AvgIpc) is 2.88. The van der Waals surface area contributed by atoms with Crippen molar-refractivity contribution in [1.29, 1.82) is 0 Å². The first-order valence-electron chi connectivity index (χ1n) is 5.13. The Hall–Kier alpha value is -1.56. The highest BCUT2D eigenvalue weighted by molar-refractivity contribution is 7.12. The van der Waals surface area contributed by atoms with E-state index < -0.39 is 0 Å². The molecular formula is C12H8Cl2N2O2S. The molecule has 0 atom stereocenters. The van der Waals surface area contributed by atoms with Gasteiger partial charge in [0.05, 0.1) is 16.1 Å². The average molecular weight is 315 g/mol. The molecule has 0 aliphatic heterocycles. The molecule has 0 bridgehead atoms. The monoisotopic (exact) mass is 314 g/mol. The third-order valence-corrected chi connectivity index (χ3v) is 3.55. The standard InChI is InChI=1S/C12H8Cl2N2O2S/c13-8-4-7(11(17)9(14)5-8)6-15-16-12(18)10-2-1-3-19-10/h1-6,17H,(H,16,18)/b15-6+. The molecule has 2 aromatic rings. The number of nitrogens with one attached hydrogen (secondary N) is 1. The molecule has 0 spiro atoms. The van der Waals surface area contributed by atoms with Gasteiger partial charge in [0.1, 0.15) is 5.75 Å². The molecule has 1 amide bonds. The van der Waals surface area contributed by atoms with Gasteiger partial charge in [-0.3, -0.25) is 4.79 Å². The summed E-state index contributed by atoms with van der Waals surface area (Å²) in [5.41, 5.74) is 2.67. The lowest BCUT2D eigenvalue weighted by atomic mass is 10.2. The second-order valence-corrected chi connectivity index (χ2v) is 5.29. The third kappa shape index (κ3) is 3.47. The topological polar surface area (TPSA) is 61.7 Å². The first-order valence-corrected chi connectivity index (χ1v) is 6.76. The summed E-state index contributed by atoms with van der Waals surface area (Å²) >= 11 is 12.9. The molecule has 0 radical (unpaired) electrons. The summed E-state index contributed by atoms with van der Waals surface area (Å²) in [6.07, 6.45) is 1.28. The number of halogens is 2. The van der Waals surface area contributed by atoms with Crippen LogP contribution in [0.25, 0.3) is 0 Å². The van der Waals surface area contributed by atoms with Crippen molar-refractivity contribution in [2.24, 2.45) is 5.10 Å². The fourth-order valence-corrected chi connectivity index (χ4v) is 2.43. The van der Waals surface area contributed by atoms with Crippen LogP contribution in [0.15, 0.2) is 34.7 Å². The Balaban J connectivity index is 2.09. The molecule has 0 saturated carbocycles. The molecule has 0 saturated heterocycles. The highest BCUT2D eigenvalue weighted by Crippen LogP contribution is 2.29. The van der Waals surface area contributed by atoms with E-state index in [2.05, 4.69) is 10.5 Å². The zero-order chi connectivity index (χ0) is 13.8. The summed E-state index contributed by atoms with van der Waals surface area (Å²) in [6.45, 7) is 0. The molecular weight excluding hydrogens is 307 g/mol. The Kier molecular flexibility index (Phi) is 4.42. The number of carbonyl (C=O) groups is 1. The van der Waals surface area contributed by atoms with Gasteiger partial charge in [-0.05, 0) is 23.6 Å². The predicted molar refractivity (Wildman–Crippen MR) is 77.5 cm³/mol. The van der Waals surface area contributed by atoms with E-state index >= 15 is 0 Å². The molecule has 2 rings (SSSR count). The van der Waals surface area contributed by atoms with Crippen LogP contribution in [0.3, 0.4) is 0 Å². The molecule has 0 aliphatic rings. The largest absolute Gasteiger partial charge is 0.506 e. The van der Waals surface area contributed by atoms with E-state index in [0.29, 0.717) is 15.5 Å². The zero-order valence-electron chi connectivity index (χ0n) is 9.43.